The lowest BCUT2D eigenvalue weighted by Gasteiger charge is -2.10. The molecule has 1 aromatic heterocycles. The van der Waals surface area contributed by atoms with Gasteiger partial charge in [0.2, 0.25) is 5.91 Å². The predicted octanol–water partition coefficient (Wildman–Crippen LogP) is 4.40. The Balaban J connectivity index is 1.35. The van der Waals surface area contributed by atoms with E-state index in [0.29, 0.717) is 6.54 Å². The van der Waals surface area contributed by atoms with Gasteiger partial charge in [0.05, 0.1) is 6.33 Å². The molecule has 0 saturated carbocycles. The van der Waals surface area contributed by atoms with Crippen molar-refractivity contribution in [1.29, 1.82) is 0 Å². The predicted molar refractivity (Wildman–Crippen MR) is 113 cm³/mol. The minimum absolute atomic E-state index is 0.0896. The number of amides is 1. The second kappa shape index (κ2) is 8.35. The van der Waals surface area contributed by atoms with Crippen molar-refractivity contribution in [3.8, 4) is 5.69 Å². The van der Waals surface area contributed by atoms with Gasteiger partial charge in [-0.05, 0) is 46.5 Å². The highest BCUT2D eigenvalue weighted by molar-refractivity contribution is 5.93. The van der Waals surface area contributed by atoms with Gasteiger partial charge in [0.15, 0.2) is 0 Å². The number of rotatable bonds is 6. The summed E-state index contributed by atoms with van der Waals surface area (Å²) in [4.78, 5) is 16.3. The molecule has 0 unspecified atom stereocenters. The van der Waals surface area contributed by atoms with Gasteiger partial charge in [-0.1, -0.05) is 54.6 Å². The first kappa shape index (κ1) is 17.7. The van der Waals surface area contributed by atoms with E-state index in [9.17, 15) is 4.79 Å². The van der Waals surface area contributed by atoms with Gasteiger partial charge in [0.25, 0.3) is 0 Å². The van der Waals surface area contributed by atoms with Crippen LogP contribution in [-0.2, 0) is 11.2 Å². The molecule has 28 heavy (non-hydrogen) atoms. The molecule has 4 heteroatoms. The lowest BCUT2D eigenvalue weighted by Crippen LogP contribution is -2.23. The van der Waals surface area contributed by atoms with Gasteiger partial charge in [-0.3, -0.25) is 4.79 Å². The molecular weight excluding hydrogens is 346 g/mol. The van der Waals surface area contributed by atoms with Gasteiger partial charge in [-0.25, -0.2) is 4.98 Å². The van der Waals surface area contributed by atoms with Crippen molar-refractivity contribution in [2.75, 3.05) is 6.54 Å². The summed E-state index contributed by atoms with van der Waals surface area (Å²) in [5, 5.41) is 5.32. The first-order chi connectivity index (χ1) is 13.8. The lowest BCUT2D eigenvalue weighted by atomic mass is 10.1. The van der Waals surface area contributed by atoms with Crippen molar-refractivity contribution in [1.82, 2.24) is 14.9 Å². The van der Waals surface area contributed by atoms with E-state index < -0.39 is 0 Å². The molecule has 0 radical (unpaired) electrons. The number of benzene rings is 3. The molecular formula is C24H21N3O. The van der Waals surface area contributed by atoms with E-state index in [1.54, 1.807) is 18.6 Å². The average Bonchev–Trinajstić information content (AvgIpc) is 3.27. The lowest BCUT2D eigenvalue weighted by molar-refractivity contribution is -0.116. The summed E-state index contributed by atoms with van der Waals surface area (Å²) >= 11 is 0. The Kier molecular flexibility index (Phi) is 5.29. The summed E-state index contributed by atoms with van der Waals surface area (Å²) in [6.45, 7) is 0.576. The van der Waals surface area contributed by atoms with Crippen LogP contribution in [0.5, 0.6) is 0 Å². The van der Waals surface area contributed by atoms with Crippen molar-refractivity contribution >= 4 is 22.8 Å². The number of imidazole rings is 1. The number of fused-ring (bicyclic) bond motifs is 1. The maximum Gasteiger partial charge on any atom is 0.244 e. The van der Waals surface area contributed by atoms with Gasteiger partial charge in [0, 0.05) is 30.7 Å². The molecule has 0 aliphatic carbocycles. The Morgan fingerprint density at radius 2 is 1.82 bits per heavy atom. The molecule has 0 spiro atoms. The third-order valence-corrected chi connectivity index (χ3v) is 4.67. The zero-order valence-corrected chi connectivity index (χ0v) is 15.5. The number of nitrogens with zero attached hydrogens (tertiary/aromatic N) is 2. The number of nitrogens with one attached hydrogen (secondary N) is 1. The van der Waals surface area contributed by atoms with Crippen molar-refractivity contribution < 1.29 is 4.79 Å². The van der Waals surface area contributed by atoms with E-state index >= 15 is 0 Å². The number of para-hydroxylation sites is 1. The molecule has 1 amide bonds. The molecule has 0 bridgehead atoms. The van der Waals surface area contributed by atoms with E-state index in [2.05, 4.69) is 46.7 Å². The Morgan fingerprint density at radius 1 is 1.00 bits per heavy atom. The molecule has 1 N–H and O–H groups in total. The van der Waals surface area contributed by atoms with Crippen LogP contribution in [0.3, 0.4) is 0 Å². The van der Waals surface area contributed by atoms with Gasteiger partial charge >= 0.3 is 0 Å². The average molecular weight is 367 g/mol. The number of aromatic nitrogens is 2. The van der Waals surface area contributed by atoms with Gasteiger partial charge in [-0.15, -0.1) is 0 Å². The molecule has 138 valence electrons. The van der Waals surface area contributed by atoms with Gasteiger partial charge < -0.3 is 9.88 Å². The fourth-order valence-electron chi connectivity index (χ4n) is 3.24. The second-order valence-electron chi connectivity index (χ2n) is 6.58. The maximum absolute atomic E-state index is 12.2. The quantitative estimate of drug-likeness (QED) is 0.514. The highest BCUT2D eigenvalue weighted by Crippen LogP contribution is 2.16. The van der Waals surface area contributed by atoms with Gasteiger partial charge in [0.1, 0.15) is 0 Å². The van der Waals surface area contributed by atoms with Crippen molar-refractivity contribution in [2.24, 2.45) is 0 Å². The van der Waals surface area contributed by atoms with E-state index in [-0.39, 0.29) is 5.91 Å². The normalized spacial score (nSPS) is 11.1. The standard InChI is InChI=1S/C24H21N3O/c28-24(12-10-19-9-11-20-5-1-2-7-22(20)17-19)26-14-13-21-6-3-4-8-23(21)27-16-15-25-18-27/h1-12,15-18H,13-14H2,(H,26,28)/b12-10+. The summed E-state index contributed by atoms with van der Waals surface area (Å²) in [5.74, 6) is -0.0896. The maximum atomic E-state index is 12.2. The van der Waals surface area contributed by atoms with Crippen LogP contribution in [-0.4, -0.2) is 22.0 Å². The number of hydrogen-bond donors (Lipinski definition) is 1. The Hall–Kier alpha value is -3.66. The van der Waals surface area contributed by atoms with Crippen LogP contribution >= 0.6 is 0 Å². The summed E-state index contributed by atoms with van der Waals surface area (Å²) in [6.07, 6.45) is 9.65. The summed E-state index contributed by atoms with van der Waals surface area (Å²) in [6, 6.07) is 22.5. The smallest absolute Gasteiger partial charge is 0.244 e. The molecule has 0 atom stereocenters. The van der Waals surface area contributed by atoms with Crippen LogP contribution in [0, 0.1) is 0 Å². The van der Waals surface area contributed by atoms with Crippen LogP contribution < -0.4 is 5.32 Å². The fourth-order valence-corrected chi connectivity index (χ4v) is 3.24. The number of hydrogen-bond acceptors (Lipinski definition) is 2. The second-order valence-corrected chi connectivity index (χ2v) is 6.58. The molecule has 3 aromatic carbocycles. The topological polar surface area (TPSA) is 46.9 Å². The van der Waals surface area contributed by atoms with E-state index in [4.69, 9.17) is 0 Å². The Bertz CT molecular complexity index is 1110. The molecule has 4 rings (SSSR count). The van der Waals surface area contributed by atoms with Crippen LogP contribution in [0.1, 0.15) is 11.1 Å². The van der Waals surface area contributed by atoms with Crippen LogP contribution in [0.15, 0.2) is 91.5 Å². The number of carbonyl (C=O) groups excluding carboxylic acids is 1. The highest BCUT2D eigenvalue weighted by atomic mass is 16.1. The fraction of sp³-hybridized carbons (Fsp3) is 0.0833. The Morgan fingerprint density at radius 3 is 2.68 bits per heavy atom. The van der Waals surface area contributed by atoms with Crippen molar-refractivity contribution in [3.63, 3.8) is 0 Å². The first-order valence-corrected chi connectivity index (χ1v) is 9.30. The summed E-state index contributed by atoms with van der Waals surface area (Å²) in [7, 11) is 0. The van der Waals surface area contributed by atoms with Crippen molar-refractivity contribution in [2.45, 2.75) is 6.42 Å². The molecule has 0 aliphatic rings. The minimum Gasteiger partial charge on any atom is -0.352 e. The number of carbonyl (C=O) groups is 1. The third-order valence-electron chi connectivity index (χ3n) is 4.67. The van der Waals surface area contributed by atoms with Crippen molar-refractivity contribution in [3.05, 3.63) is 103 Å². The van der Waals surface area contributed by atoms with Crippen LogP contribution in [0.25, 0.3) is 22.5 Å². The molecule has 4 nitrogen and oxygen atoms in total. The Labute approximate surface area is 164 Å². The van der Waals surface area contributed by atoms with E-state index in [1.165, 1.54) is 16.3 Å². The van der Waals surface area contributed by atoms with Gasteiger partial charge in [-0.2, -0.15) is 0 Å². The monoisotopic (exact) mass is 367 g/mol. The van der Waals surface area contributed by atoms with E-state index in [0.717, 1.165) is 17.7 Å². The largest absolute Gasteiger partial charge is 0.352 e. The molecule has 0 fully saturated rings. The first-order valence-electron chi connectivity index (χ1n) is 9.30. The molecule has 0 saturated heterocycles. The van der Waals surface area contributed by atoms with E-state index in [1.807, 2.05) is 47.2 Å². The summed E-state index contributed by atoms with van der Waals surface area (Å²) in [5.41, 5.74) is 3.26. The third kappa shape index (κ3) is 4.18. The molecule has 1 heterocycles. The SMILES string of the molecule is O=C(/C=C/c1ccc2ccccc2c1)NCCc1ccccc1-n1ccnc1. The van der Waals surface area contributed by atoms with Crippen LogP contribution in [0.2, 0.25) is 0 Å². The highest BCUT2D eigenvalue weighted by Gasteiger charge is 2.04. The molecule has 0 aliphatic heterocycles. The zero-order valence-electron chi connectivity index (χ0n) is 15.5. The zero-order chi connectivity index (χ0) is 19.2. The molecule has 4 aromatic rings. The van der Waals surface area contributed by atoms with Crippen LogP contribution in [0.4, 0.5) is 0 Å². The summed E-state index contributed by atoms with van der Waals surface area (Å²) < 4.78 is 1.98. The minimum atomic E-state index is -0.0896.